The van der Waals surface area contributed by atoms with Gasteiger partial charge in [0.25, 0.3) is 0 Å². The summed E-state index contributed by atoms with van der Waals surface area (Å²) in [5.41, 5.74) is 1.93. The van der Waals surface area contributed by atoms with Crippen molar-refractivity contribution in [1.82, 2.24) is 0 Å². The molecule has 0 N–H and O–H groups in total. The van der Waals surface area contributed by atoms with Gasteiger partial charge in [-0.05, 0) is 49.4 Å². The topological polar surface area (TPSA) is 17.1 Å². The first-order valence-electron chi connectivity index (χ1n) is 6.53. The number of Topliss-reactive ketones (excluding diaryl/α,β-unsaturated/α-hetero) is 1. The maximum Gasteiger partial charge on any atom is 0.133 e. The van der Waals surface area contributed by atoms with E-state index in [1.165, 1.54) is 24.8 Å². The molecule has 90 valence electrons. The van der Waals surface area contributed by atoms with E-state index in [1.54, 1.807) is 0 Å². The van der Waals surface area contributed by atoms with Gasteiger partial charge in [-0.3, -0.25) is 4.79 Å². The molecule has 0 aliphatic heterocycles. The molecule has 3 atom stereocenters. The van der Waals surface area contributed by atoms with E-state index in [2.05, 4.69) is 27.4 Å². The Kier molecular flexibility index (Phi) is 2.76. The smallest absolute Gasteiger partial charge is 0.133 e. The van der Waals surface area contributed by atoms with Gasteiger partial charge in [0, 0.05) is 12.8 Å². The maximum absolute atomic E-state index is 11.7. The summed E-state index contributed by atoms with van der Waals surface area (Å²) in [6, 6.07) is 0. The van der Waals surface area contributed by atoms with Crippen molar-refractivity contribution < 1.29 is 4.79 Å². The van der Waals surface area contributed by atoms with E-state index in [-0.39, 0.29) is 5.41 Å². The minimum Gasteiger partial charge on any atom is -0.300 e. The summed E-state index contributed by atoms with van der Waals surface area (Å²) in [7, 11) is 0. The van der Waals surface area contributed by atoms with Crippen LogP contribution >= 0.6 is 0 Å². The number of hydrogen-bond donors (Lipinski definition) is 0. The number of ketones is 1. The predicted molar refractivity (Wildman–Crippen MR) is 67.2 cm³/mol. The average molecular weight is 220 g/mol. The first-order valence-corrected chi connectivity index (χ1v) is 6.53. The van der Waals surface area contributed by atoms with Crippen molar-refractivity contribution in [3.05, 3.63) is 12.2 Å². The van der Waals surface area contributed by atoms with Gasteiger partial charge in [0.2, 0.25) is 0 Å². The molecule has 0 aromatic carbocycles. The second-order valence-corrected chi connectivity index (χ2v) is 6.62. The number of hydrogen-bond acceptors (Lipinski definition) is 1. The minimum absolute atomic E-state index is 0.226. The van der Waals surface area contributed by atoms with E-state index in [0.717, 1.165) is 19.3 Å². The molecule has 0 radical (unpaired) electrons. The van der Waals surface area contributed by atoms with Crippen molar-refractivity contribution in [3.63, 3.8) is 0 Å². The van der Waals surface area contributed by atoms with Crippen molar-refractivity contribution in [1.29, 1.82) is 0 Å². The summed E-state index contributed by atoms with van der Waals surface area (Å²) in [6.45, 7) is 11.0. The van der Waals surface area contributed by atoms with E-state index in [1.807, 2.05) is 0 Å². The lowest BCUT2D eigenvalue weighted by Crippen LogP contribution is -2.47. The van der Waals surface area contributed by atoms with Crippen molar-refractivity contribution in [2.45, 2.75) is 59.3 Å². The van der Waals surface area contributed by atoms with Gasteiger partial charge in [-0.1, -0.05) is 26.0 Å². The Labute approximate surface area is 99.3 Å². The molecule has 0 unspecified atom stereocenters. The van der Waals surface area contributed by atoms with Crippen LogP contribution in [0.5, 0.6) is 0 Å². The molecule has 1 heteroatoms. The minimum atomic E-state index is 0.226. The van der Waals surface area contributed by atoms with E-state index in [0.29, 0.717) is 17.1 Å². The third-order valence-electron chi connectivity index (χ3n) is 5.44. The Bertz CT molecular complexity index is 330. The SMILES string of the molecule is C=C(C)[C@@H]1CC[C@@]2(C)CCC(=O)C[C@@]2(C)C1. The highest BCUT2D eigenvalue weighted by molar-refractivity contribution is 5.80. The highest BCUT2D eigenvalue weighted by Gasteiger charge is 2.51. The van der Waals surface area contributed by atoms with Crippen molar-refractivity contribution in [2.24, 2.45) is 16.7 Å². The normalized spacial score (nSPS) is 43.9. The second kappa shape index (κ2) is 3.72. The number of fused-ring (bicyclic) bond motifs is 1. The Morgan fingerprint density at radius 1 is 1.31 bits per heavy atom. The van der Waals surface area contributed by atoms with Gasteiger partial charge in [-0.2, -0.15) is 0 Å². The molecule has 0 heterocycles. The van der Waals surface area contributed by atoms with Crippen LogP contribution in [0.4, 0.5) is 0 Å². The van der Waals surface area contributed by atoms with Gasteiger partial charge in [0.1, 0.15) is 5.78 Å². The molecule has 0 spiro atoms. The molecule has 2 aliphatic carbocycles. The molecule has 0 amide bonds. The molecule has 0 aromatic heterocycles. The highest BCUT2D eigenvalue weighted by Crippen LogP contribution is 2.59. The number of rotatable bonds is 1. The molecule has 2 aliphatic rings. The van der Waals surface area contributed by atoms with Crippen LogP contribution in [-0.4, -0.2) is 5.78 Å². The lowest BCUT2D eigenvalue weighted by atomic mass is 9.49. The van der Waals surface area contributed by atoms with E-state index in [4.69, 9.17) is 0 Å². The van der Waals surface area contributed by atoms with Gasteiger partial charge in [-0.25, -0.2) is 0 Å². The fourth-order valence-electron chi connectivity index (χ4n) is 3.76. The van der Waals surface area contributed by atoms with Crippen LogP contribution in [0.3, 0.4) is 0 Å². The standard InChI is InChI=1S/C15H24O/c1-11(2)12-5-7-14(3)8-6-13(16)10-15(14,4)9-12/h12H,1,5-10H2,2-4H3/t12-,14+,15-/m1/s1. The quantitative estimate of drug-likeness (QED) is 0.607. The van der Waals surface area contributed by atoms with Crippen LogP contribution in [0.15, 0.2) is 12.2 Å². The summed E-state index contributed by atoms with van der Waals surface area (Å²) >= 11 is 0. The Balaban J connectivity index is 2.23. The summed E-state index contributed by atoms with van der Waals surface area (Å²) < 4.78 is 0. The van der Waals surface area contributed by atoms with E-state index < -0.39 is 0 Å². The predicted octanol–water partition coefficient (Wildman–Crippen LogP) is 4.13. The lowest BCUT2D eigenvalue weighted by molar-refractivity contribution is -0.133. The average Bonchev–Trinajstić information content (AvgIpc) is 2.18. The molecule has 1 nitrogen and oxygen atoms in total. The molecule has 2 fully saturated rings. The van der Waals surface area contributed by atoms with Crippen LogP contribution in [0.1, 0.15) is 59.3 Å². The second-order valence-electron chi connectivity index (χ2n) is 6.62. The zero-order chi connectivity index (χ0) is 12.0. The van der Waals surface area contributed by atoms with Gasteiger partial charge in [0.15, 0.2) is 0 Å². The number of allylic oxidation sites excluding steroid dienone is 1. The first kappa shape index (κ1) is 11.9. The third-order valence-corrected chi connectivity index (χ3v) is 5.44. The Morgan fingerprint density at radius 2 is 2.00 bits per heavy atom. The number of carbonyl (C=O) groups excluding carboxylic acids is 1. The molecule has 0 bridgehead atoms. The summed E-state index contributed by atoms with van der Waals surface area (Å²) in [6.07, 6.45) is 6.43. The fourth-order valence-corrected chi connectivity index (χ4v) is 3.76. The van der Waals surface area contributed by atoms with E-state index in [9.17, 15) is 4.79 Å². The summed E-state index contributed by atoms with van der Waals surface area (Å²) in [4.78, 5) is 11.7. The van der Waals surface area contributed by atoms with Crippen LogP contribution in [0.2, 0.25) is 0 Å². The highest BCUT2D eigenvalue weighted by atomic mass is 16.1. The zero-order valence-electron chi connectivity index (χ0n) is 10.9. The maximum atomic E-state index is 11.7. The molecule has 0 aromatic rings. The first-order chi connectivity index (χ1) is 7.36. The van der Waals surface area contributed by atoms with Crippen LogP contribution in [0, 0.1) is 16.7 Å². The van der Waals surface area contributed by atoms with Crippen molar-refractivity contribution in [3.8, 4) is 0 Å². The van der Waals surface area contributed by atoms with Gasteiger partial charge in [-0.15, -0.1) is 0 Å². The van der Waals surface area contributed by atoms with Gasteiger partial charge < -0.3 is 0 Å². The molecular weight excluding hydrogens is 196 g/mol. The largest absolute Gasteiger partial charge is 0.300 e. The number of carbonyl (C=O) groups is 1. The lowest BCUT2D eigenvalue weighted by Gasteiger charge is -2.55. The monoisotopic (exact) mass is 220 g/mol. The molecule has 16 heavy (non-hydrogen) atoms. The van der Waals surface area contributed by atoms with E-state index >= 15 is 0 Å². The zero-order valence-corrected chi connectivity index (χ0v) is 10.9. The summed E-state index contributed by atoms with van der Waals surface area (Å²) in [5.74, 6) is 1.12. The summed E-state index contributed by atoms with van der Waals surface area (Å²) in [5, 5.41) is 0. The Morgan fingerprint density at radius 3 is 2.62 bits per heavy atom. The molecule has 2 saturated carbocycles. The molecule has 2 rings (SSSR count). The van der Waals surface area contributed by atoms with Crippen LogP contribution < -0.4 is 0 Å². The molecular formula is C15H24O. The van der Waals surface area contributed by atoms with Gasteiger partial charge >= 0.3 is 0 Å². The molecule has 0 saturated heterocycles. The Hall–Kier alpha value is -0.590. The fraction of sp³-hybridized carbons (Fsp3) is 0.800. The van der Waals surface area contributed by atoms with Crippen LogP contribution in [0.25, 0.3) is 0 Å². The van der Waals surface area contributed by atoms with Crippen LogP contribution in [-0.2, 0) is 4.79 Å². The van der Waals surface area contributed by atoms with Crippen molar-refractivity contribution >= 4 is 5.78 Å². The third kappa shape index (κ3) is 1.74. The van der Waals surface area contributed by atoms with Crippen molar-refractivity contribution in [2.75, 3.05) is 0 Å². The van der Waals surface area contributed by atoms with Gasteiger partial charge in [0.05, 0.1) is 0 Å².